The SMILES string of the molecule is Clc1nnc(CN2CCC(N3CCCCC3)C2)s1. The lowest BCUT2D eigenvalue weighted by Gasteiger charge is -2.32. The van der Waals surface area contributed by atoms with Crippen LogP contribution >= 0.6 is 22.9 Å². The summed E-state index contributed by atoms with van der Waals surface area (Å²) in [7, 11) is 0. The molecule has 1 aromatic rings. The third-order valence-electron chi connectivity index (χ3n) is 3.96. The van der Waals surface area contributed by atoms with Crippen molar-refractivity contribution in [2.75, 3.05) is 26.2 Å². The Bertz CT molecular complexity index is 391. The Morgan fingerprint density at radius 2 is 2.00 bits per heavy atom. The van der Waals surface area contributed by atoms with Gasteiger partial charge in [-0.05, 0) is 44.0 Å². The third-order valence-corrected chi connectivity index (χ3v) is 4.96. The molecule has 2 fully saturated rings. The van der Waals surface area contributed by atoms with Crippen LogP contribution in [0.4, 0.5) is 0 Å². The number of hydrogen-bond acceptors (Lipinski definition) is 5. The minimum atomic E-state index is 0.553. The number of likely N-dealkylation sites (tertiary alicyclic amines) is 2. The van der Waals surface area contributed by atoms with E-state index in [4.69, 9.17) is 11.6 Å². The maximum Gasteiger partial charge on any atom is 0.207 e. The fourth-order valence-corrected chi connectivity index (χ4v) is 3.94. The summed E-state index contributed by atoms with van der Waals surface area (Å²) in [4.78, 5) is 5.16. The van der Waals surface area contributed by atoms with Crippen LogP contribution in [0.2, 0.25) is 4.47 Å². The molecule has 1 aromatic heterocycles. The normalized spacial score (nSPS) is 26.8. The summed E-state index contributed by atoms with van der Waals surface area (Å²) >= 11 is 7.31. The van der Waals surface area contributed by atoms with Crippen molar-refractivity contribution in [1.82, 2.24) is 20.0 Å². The molecule has 18 heavy (non-hydrogen) atoms. The van der Waals surface area contributed by atoms with Gasteiger partial charge in [0.2, 0.25) is 4.47 Å². The van der Waals surface area contributed by atoms with Gasteiger partial charge in [-0.25, -0.2) is 0 Å². The van der Waals surface area contributed by atoms with Crippen LogP contribution in [-0.4, -0.2) is 52.2 Å². The topological polar surface area (TPSA) is 32.3 Å². The Morgan fingerprint density at radius 3 is 2.72 bits per heavy atom. The second kappa shape index (κ2) is 5.82. The molecule has 2 aliphatic rings. The molecule has 3 rings (SSSR count). The second-order valence-corrected chi connectivity index (χ2v) is 6.87. The zero-order valence-corrected chi connectivity index (χ0v) is 12.1. The van der Waals surface area contributed by atoms with E-state index in [1.807, 2.05) is 0 Å². The number of nitrogens with zero attached hydrogens (tertiary/aromatic N) is 4. The quantitative estimate of drug-likeness (QED) is 0.853. The summed E-state index contributed by atoms with van der Waals surface area (Å²) in [6.45, 7) is 5.86. The van der Waals surface area contributed by atoms with Gasteiger partial charge in [0.1, 0.15) is 5.01 Å². The van der Waals surface area contributed by atoms with Gasteiger partial charge in [0, 0.05) is 19.1 Å². The molecular formula is C12H19ClN4S. The molecule has 0 saturated carbocycles. The predicted octanol–water partition coefficient (Wildman–Crippen LogP) is 2.25. The van der Waals surface area contributed by atoms with Gasteiger partial charge in [0.25, 0.3) is 0 Å². The third kappa shape index (κ3) is 3.02. The second-order valence-electron chi connectivity index (χ2n) is 5.22. The average Bonchev–Trinajstić information content (AvgIpc) is 3.01. The van der Waals surface area contributed by atoms with E-state index in [1.54, 1.807) is 0 Å². The average molecular weight is 287 g/mol. The molecule has 0 spiro atoms. The smallest absolute Gasteiger partial charge is 0.207 e. The van der Waals surface area contributed by atoms with Crippen molar-refractivity contribution in [3.8, 4) is 0 Å². The summed E-state index contributed by atoms with van der Waals surface area (Å²) in [6, 6.07) is 0.758. The molecule has 0 radical (unpaired) electrons. The van der Waals surface area contributed by atoms with Crippen molar-refractivity contribution < 1.29 is 0 Å². The largest absolute Gasteiger partial charge is 0.299 e. The maximum atomic E-state index is 5.81. The van der Waals surface area contributed by atoms with Crippen molar-refractivity contribution in [3.63, 3.8) is 0 Å². The molecule has 1 atom stereocenters. The highest BCUT2D eigenvalue weighted by atomic mass is 35.5. The molecule has 3 heterocycles. The molecule has 0 aliphatic carbocycles. The first-order chi connectivity index (χ1) is 8.81. The summed E-state index contributed by atoms with van der Waals surface area (Å²) in [5, 5.41) is 9.00. The molecule has 2 saturated heterocycles. The number of aromatic nitrogens is 2. The highest BCUT2D eigenvalue weighted by molar-refractivity contribution is 7.15. The Morgan fingerprint density at radius 1 is 1.17 bits per heavy atom. The molecule has 0 bridgehead atoms. The van der Waals surface area contributed by atoms with Crippen LogP contribution in [0, 0.1) is 0 Å². The van der Waals surface area contributed by atoms with Crippen molar-refractivity contribution >= 4 is 22.9 Å². The Kier molecular flexibility index (Phi) is 4.13. The monoisotopic (exact) mass is 286 g/mol. The van der Waals surface area contributed by atoms with Crippen LogP contribution in [0.1, 0.15) is 30.7 Å². The van der Waals surface area contributed by atoms with Crippen LogP contribution < -0.4 is 0 Å². The lowest BCUT2D eigenvalue weighted by Crippen LogP contribution is -2.40. The Hall–Kier alpha value is -0.230. The first kappa shape index (κ1) is 12.8. The van der Waals surface area contributed by atoms with Crippen molar-refractivity contribution in [2.24, 2.45) is 0 Å². The van der Waals surface area contributed by atoms with Gasteiger partial charge in [-0.15, -0.1) is 10.2 Å². The fourth-order valence-electron chi connectivity index (χ4n) is 3.03. The van der Waals surface area contributed by atoms with Crippen LogP contribution in [0.3, 0.4) is 0 Å². The summed E-state index contributed by atoms with van der Waals surface area (Å²) in [6.07, 6.45) is 5.47. The number of piperidine rings is 1. The maximum absolute atomic E-state index is 5.81. The lowest BCUT2D eigenvalue weighted by atomic mass is 10.1. The van der Waals surface area contributed by atoms with Crippen molar-refractivity contribution in [3.05, 3.63) is 9.47 Å². The summed E-state index contributed by atoms with van der Waals surface area (Å²) < 4.78 is 0.553. The van der Waals surface area contributed by atoms with Gasteiger partial charge in [0.15, 0.2) is 0 Å². The van der Waals surface area contributed by atoms with E-state index in [0.717, 1.165) is 17.6 Å². The first-order valence-corrected chi connectivity index (χ1v) is 7.95. The zero-order chi connectivity index (χ0) is 12.4. The van der Waals surface area contributed by atoms with Crippen LogP contribution in [0.5, 0.6) is 0 Å². The van der Waals surface area contributed by atoms with Crippen molar-refractivity contribution in [2.45, 2.75) is 38.3 Å². The Labute approximate surface area is 117 Å². The molecule has 2 aliphatic heterocycles. The van der Waals surface area contributed by atoms with Crippen molar-refractivity contribution in [1.29, 1.82) is 0 Å². The molecule has 0 N–H and O–H groups in total. The molecule has 0 amide bonds. The molecule has 4 nitrogen and oxygen atoms in total. The van der Waals surface area contributed by atoms with Crippen LogP contribution in [0.15, 0.2) is 0 Å². The van der Waals surface area contributed by atoms with Gasteiger partial charge >= 0.3 is 0 Å². The number of hydrogen-bond donors (Lipinski definition) is 0. The van der Waals surface area contributed by atoms with Crippen LogP contribution in [-0.2, 0) is 6.54 Å². The highest BCUT2D eigenvalue weighted by Crippen LogP contribution is 2.23. The van der Waals surface area contributed by atoms with E-state index in [9.17, 15) is 0 Å². The predicted molar refractivity (Wildman–Crippen MR) is 74.0 cm³/mol. The van der Waals surface area contributed by atoms with Gasteiger partial charge in [-0.2, -0.15) is 0 Å². The molecule has 1 unspecified atom stereocenters. The standard InChI is InChI=1S/C12H19ClN4S/c13-12-15-14-11(18-12)9-16-7-4-10(8-16)17-5-2-1-3-6-17/h10H,1-9H2. The van der Waals surface area contributed by atoms with Gasteiger partial charge in [-0.3, -0.25) is 9.80 Å². The first-order valence-electron chi connectivity index (χ1n) is 6.75. The van der Waals surface area contributed by atoms with E-state index >= 15 is 0 Å². The van der Waals surface area contributed by atoms with Crippen LogP contribution in [0.25, 0.3) is 0 Å². The molecule has 100 valence electrons. The summed E-state index contributed by atoms with van der Waals surface area (Å²) in [5.74, 6) is 0. The van der Waals surface area contributed by atoms with Gasteiger partial charge in [0.05, 0.1) is 6.54 Å². The number of rotatable bonds is 3. The molecular weight excluding hydrogens is 268 g/mol. The minimum Gasteiger partial charge on any atom is -0.299 e. The summed E-state index contributed by atoms with van der Waals surface area (Å²) in [5.41, 5.74) is 0. The van der Waals surface area contributed by atoms with E-state index in [2.05, 4.69) is 20.0 Å². The van der Waals surface area contributed by atoms with E-state index in [0.29, 0.717) is 4.47 Å². The zero-order valence-electron chi connectivity index (χ0n) is 10.5. The van der Waals surface area contributed by atoms with E-state index in [-0.39, 0.29) is 0 Å². The highest BCUT2D eigenvalue weighted by Gasteiger charge is 2.28. The molecule has 0 aromatic carbocycles. The minimum absolute atomic E-state index is 0.553. The fraction of sp³-hybridized carbons (Fsp3) is 0.833. The lowest BCUT2D eigenvalue weighted by molar-refractivity contribution is 0.161. The van der Waals surface area contributed by atoms with Gasteiger partial charge in [-0.1, -0.05) is 17.8 Å². The number of halogens is 1. The Balaban J connectivity index is 1.51. The molecule has 6 heteroatoms. The van der Waals surface area contributed by atoms with E-state index in [1.165, 1.54) is 63.2 Å². The van der Waals surface area contributed by atoms with E-state index < -0.39 is 0 Å². The van der Waals surface area contributed by atoms with Gasteiger partial charge < -0.3 is 0 Å².